The third kappa shape index (κ3) is 2.37. The summed E-state index contributed by atoms with van der Waals surface area (Å²) >= 11 is 6.34. The Morgan fingerprint density at radius 2 is 1.69 bits per heavy atom. The van der Waals surface area contributed by atoms with Crippen molar-refractivity contribution in [2.45, 2.75) is 69.3 Å². The van der Waals surface area contributed by atoms with E-state index in [-0.39, 0.29) is 18.0 Å². The van der Waals surface area contributed by atoms with Crippen molar-refractivity contribution in [1.82, 2.24) is 0 Å². The quantitative estimate of drug-likeness (QED) is 0.480. The fourth-order valence-electron chi connectivity index (χ4n) is 2.97. The van der Waals surface area contributed by atoms with Gasteiger partial charge < -0.3 is 4.74 Å². The number of carbonyl (C=O) groups excluding carboxylic acids is 1. The van der Waals surface area contributed by atoms with E-state index in [1.165, 1.54) is 38.5 Å². The van der Waals surface area contributed by atoms with Crippen molar-refractivity contribution in [3.05, 3.63) is 0 Å². The maximum atomic E-state index is 11.7. The van der Waals surface area contributed by atoms with Crippen molar-refractivity contribution >= 4 is 17.6 Å². The Hall–Kier alpha value is -0.240. The molecule has 1 aliphatic carbocycles. The minimum absolute atomic E-state index is 0.0769. The van der Waals surface area contributed by atoms with Crippen molar-refractivity contribution in [3.8, 4) is 0 Å². The van der Waals surface area contributed by atoms with Crippen molar-refractivity contribution < 1.29 is 9.53 Å². The lowest BCUT2D eigenvalue weighted by molar-refractivity contribution is -0.143. The number of rotatable bonds is 0. The standard InChI is InChI=1S/C13H21ClO2/c1-13(14)10-8-6-4-2-3-5-7-9-11(10)16-12(13)15/h10-11H,2-9H2,1H3/t10-,11+,13+/m1/s1. The summed E-state index contributed by atoms with van der Waals surface area (Å²) in [7, 11) is 0. The summed E-state index contributed by atoms with van der Waals surface area (Å²) in [4.78, 5) is 10.9. The number of carbonyl (C=O) groups is 1. The Kier molecular flexibility index (Phi) is 3.78. The first kappa shape index (κ1) is 12.2. The van der Waals surface area contributed by atoms with Crippen LogP contribution in [0.1, 0.15) is 58.3 Å². The van der Waals surface area contributed by atoms with E-state index in [2.05, 4.69) is 0 Å². The number of hydrogen-bond acceptors (Lipinski definition) is 2. The molecule has 2 fully saturated rings. The second-order valence-corrected chi connectivity index (χ2v) is 6.11. The fourth-order valence-corrected chi connectivity index (χ4v) is 3.26. The number of halogens is 1. The molecule has 2 nitrogen and oxygen atoms in total. The molecule has 0 aromatic carbocycles. The average Bonchev–Trinajstić information content (AvgIpc) is 2.46. The molecule has 3 atom stereocenters. The first-order valence-corrected chi connectivity index (χ1v) is 6.90. The van der Waals surface area contributed by atoms with Gasteiger partial charge in [0.15, 0.2) is 0 Å². The molecule has 0 amide bonds. The van der Waals surface area contributed by atoms with Gasteiger partial charge in [0.2, 0.25) is 0 Å². The molecular formula is C13H21ClO2. The monoisotopic (exact) mass is 244 g/mol. The van der Waals surface area contributed by atoms with Crippen molar-refractivity contribution in [3.63, 3.8) is 0 Å². The zero-order chi connectivity index (χ0) is 11.6. The van der Waals surface area contributed by atoms with E-state index in [4.69, 9.17) is 16.3 Å². The van der Waals surface area contributed by atoms with Crippen LogP contribution in [0.3, 0.4) is 0 Å². The van der Waals surface area contributed by atoms with Crippen LogP contribution in [0.25, 0.3) is 0 Å². The van der Waals surface area contributed by atoms with Crippen molar-refractivity contribution in [2.75, 3.05) is 0 Å². The van der Waals surface area contributed by atoms with Gasteiger partial charge in [-0.1, -0.05) is 32.1 Å². The Morgan fingerprint density at radius 1 is 1.12 bits per heavy atom. The summed E-state index contributed by atoms with van der Waals surface area (Å²) < 4.78 is 5.44. The third-order valence-corrected chi connectivity index (χ3v) is 4.49. The summed E-state index contributed by atoms with van der Waals surface area (Å²) in [5.74, 6) is 0.0168. The van der Waals surface area contributed by atoms with Crippen LogP contribution in [0.5, 0.6) is 0 Å². The van der Waals surface area contributed by atoms with Gasteiger partial charge in [-0.2, -0.15) is 0 Å². The second-order valence-electron chi connectivity index (χ2n) is 5.32. The summed E-state index contributed by atoms with van der Waals surface area (Å²) in [6.45, 7) is 1.83. The van der Waals surface area contributed by atoms with Crippen LogP contribution >= 0.6 is 11.6 Å². The van der Waals surface area contributed by atoms with Crippen LogP contribution in [0.2, 0.25) is 0 Å². The minimum Gasteiger partial charge on any atom is -0.461 e. The lowest BCUT2D eigenvalue weighted by Gasteiger charge is -2.24. The number of ether oxygens (including phenoxy) is 1. The van der Waals surface area contributed by atoms with Crippen molar-refractivity contribution in [1.29, 1.82) is 0 Å². The molecule has 0 aromatic heterocycles. The van der Waals surface area contributed by atoms with E-state index in [0.717, 1.165) is 12.8 Å². The Labute approximate surface area is 103 Å². The van der Waals surface area contributed by atoms with Gasteiger partial charge in [-0.05, 0) is 26.2 Å². The van der Waals surface area contributed by atoms with E-state index in [1.807, 2.05) is 6.92 Å². The van der Waals surface area contributed by atoms with Crippen LogP contribution in [0.4, 0.5) is 0 Å². The highest BCUT2D eigenvalue weighted by atomic mass is 35.5. The third-order valence-electron chi connectivity index (χ3n) is 4.06. The molecule has 1 saturated carbocycles. The number of esters is 1. The molecule has 1 heterocycles. The van der Waals surface area contributed by atoms with Gasteiger partial charge in [-0.25, -0.2) is 0 Å². The number of hydrogen-bond donors (Lipinski definition) is 0. The minimum atomic E-state index is -0.774. The maximum absolute atomic E-state index is 11.7. The van der Waals surface area contributed by atoms with Crippen molar-refractivity contribution in [2.24, 2.45) is 5.92 Å². The van der Waals surface area contributed by atoms with E-state index in [1.54, 1.807) is 0 Å². The first-order valence-electron chi connectivity index (χ1n) is 6.52. The summed E-state index contributed by atoms with van der Waals surface area (Å²) in [5.41, 5.74) is 0. The van der Waals surface area contributed by atoms with Crippen LogP contribution in [-0.4, -0.2) is 16.9 Å². The predicted octanol–water partition coefficient (Wildman–Crippen LogP) is 3.66. The maximum Gasteiger partial charge on any atom is 0.327 e. The van der Waals surface area contributed by atoms with E-state index in [0.29, 0.717) is 0 Å². The molecule has 2 aliphatic rings. The molecule has 1 aliphatic heterocycles. The normalized spacial score (nSPS) is 41.2. The highest BCUT2D eigenvalue weighted by molar-refractivity contribution is 6.34. The topological polar surface area (TPSA) is 26.3 Å². The van der Waals surface area contributed by atoms with Gasteiger partial charge in [-0.15, -0.1) is 11.6 Å². The van der Waals surface area contributed by atoms with Gasteiger partial charge in [0.25, 0.3) is 0 Å². The highest BCUT2D eigenvalue weighted by Crippen LogP contribution is 2.42. The Morgan fingerprint density at radius 3 is 2.38 bits per heavy atom. The summed E-state index contributed by atoms with van der Waals surface area (Å²) in [6.07, 6.45) is 9.64. The van der Waals surface area contributed by atoms with Crippen LogP contribution in [0, 0.1) is 5.92 Å². The van der Waals surface area contributed by atoms with E-state index in [9.17, 15) is 4.79 Å². The zero-order valence-corrected chi connectivity index (χ0v) is 10.8. The highest BCUT2D eigenvalue weighted by Gasteiger charge is 2.52. The largest absolute Gasteiger partial charge is 0.461 e. The molecule has 0 spiro atoms. The first-order chi connectivity index (χ1) is 7.62. The molecule has 3 heteroatoms. The molecule has 0 bridgehead atoms. The molecule has 0 radical (unpaired) electrons. The predicted molar refractivity (Wildman–Crippen MR) is 64.6 cm³/mol. The Balaban J connectivity index is 2.06. The zero-order valence-electron chi connectivity index (χ0n) is 10.0. The van der Waals surface area contributed by atoms with Gasteiger partial charge >= 0.3 is 5.97 Å². The molecule has 16 heavy (non-hydrogen) atoms. The van der Waals surface area contributed by atoms with E-state index >= 15 is 0 Å². The van der Waals surface area contributed by atoms with E-state index < -0.39 is 4.87 Å². The summed E-state index contributed by atoms with van der Waals surface area (Å²) in [5, 5.41) is 0. The lowest BCUT2D eigenvalue weighted by Crippen LogP contribution is -2.33. The molecule has 0 unspecified atom stereocenters. The number of alkyl halides is 1. The van der Waals surface area contributed by atoms with Gasteiger partial charge in [0.05, 0.1) is 0 Å². The van der Waals surface area contributed by atoms with Crippen LogP contribution < -0.4 is 0 Å². The van der Waals surface area contributed by atoms with Crippen LogP contribution in [-0.2, 0) is 9.53 Å². The lowest BCUT2D eigenvalue weighted by atomic mass is 9.83. The average molecular weight is 245 g/mol. The van der Waals surface area contributed by atoms with Gasteiger partial charge in [0.1, 0.15) is 11.0 Å². The molecule has 0 aromatic rings. The molecule has 0 N–H and O–H groups in total. The Bertz CT molecular complexity index is 263. The van der Waals surface area contributed by atoms with Crippen LogP contribution in [0.15, 0.2) is 0 Å². The van der Waals surface area contributed by atoms with Gasteiger partial charge in [0, 0.05) is 5.92 Å². The summed E-state index contributed by atoms with van der Waals surface area (Å²) in [6, 6.07) is 0. The molecule has 92 valence electrons. The molecular weight excluding hydrogens is 224 g/mol. The smallest absolute Gasteiger partial charge is 0.327 e. The van der Waals surface area contributed by atoms with Gasteiger partial charge in [-0.3, -0.25) is 4.79 Å². The molecule has 2 rings (SSSR count). The number of fused-ring (bicyclic) bond motifs is 1. The fraction of sp³-hybridized carbons (Fsp3) is 0.923. The molecule has 1 saturated heterocycles. The second kappa shape index (κ2) is 4.95. The SMILES string of the molecule is C[C@@]1(Cl)C(=O)O[C@H]2CCCCCCCC[C@H]21.